The lowest BCUT2D eigenvalue weighted by Gasteiger charge is -2.21. The number of hydrogen-bond donors (Lipinski definition) is 1. The van der Waals surface area contributed by atoms with E-state index in [9.17, 15) is 4.79 Å². The molecule has 0 atom stereocenters. The van der Waals surface area contributed by atoms with Crippen LogP contribution in [0.3, 0.4) is 0 Å². The van der Waals surface area contributed by atoms with Crippen LogP contribution in [0.15, 0.2) is 30.6 Å². The second-order valence-corrected chi connectivity index (χ2v) is 6.85. The molecule has 0 radical (unpaired) electrons. The monoisotopic (exact) mass is 325 g/mol. The first-order chi connectivity index (χ1) is 11.7. The van der Waals surface area contributed by atoms with Crippen LogP contribution in [0, 0.1) is 13.8 Å². The Bertz CT molecular complexity index is 682. The lowest BCUT2D eigenvalue weighted by Crippen LogP contribution is -2.35. The number of nitrogens with one attached hydrogen (secondary N) is 1. The van der Waals surface area contributed by atoms with Crippen LogP contribution in [0.5, 0.6) is 0 Å². The van der Waals surface area contributed by atoms with Gasteiger partial charge in [0.25, 0.3) is 5.91 Å². The second kappa shape index (κ2) is 7.65. The molecule has 0 aromatic carbocycles. The smallest absolute Gasteiger partial charge is 0.253 e. The molecule has 0 saturated heterocycles. The van der Waals surface area contributed by atoms with Crippen LogP contribution in [-0.2, 0) is 0 Å². The highest BCUT2D eigenvalue weighted by atomic mass is 16.1. The molecular formula is C20H27N3O. The summed E-state index contributed by atoms with van der Waals surface area (Å²) in [6.45, 7) is 4.04. The first-order valence-corrected chi connectivity index (χ1v) is 9.07. The average molecular weight is 325 g/mol. The van der Waals surface area contributed by atoms with E-state index in [1.807, 2.05) is 38.2 Å². The van der Waals surface area contributed by atoms with Crippen molar-refractivity contribution in [2.75, 3.05) is 0 Å². The summed E-state index contributed by atoms with van der Waals surface area (Å²) in [7, 11) is 0. The molecule has 1 aliphatic carbocycles. The maximum atomic E-state index is 12.8. The predicted molar refractivity (Wildman–Crippen MR) is 96.6 cm³/mol. The van der Waals surface area contributed by atoms with E-state index in [1.165, 1.54) is 32.1 Å². The Balaban J connectivity index is 1.78. The van der Waals surface area contributed by atoms with Crippen molar-refractivity contribution in [3.05, 3.63) is 47.5 Å². The molecule has 0 bridgehead atoms. The van der Waals surface area contributed by atoms with Gasteiger partial charge in [0.1, 0.15) is 0 Å². The van der Waals surface area contributed by atoms with E-state index in [4.69, 9.17) is 0 Å². The third-order valence-electron chi connectivity index (χ3n) is 5.02. The fraction of sp³-hybridized carbons (Fsp3) is 0.500. The molecule has 0 spiro atoms. The summed E-state index contributed by atoms with van der Waals surface area (Å²) < 4.78 is 2.10. The summed E-state index contributed by atoms with van der Waals surface area (Å²) in [5.41, 5.74) is 3.81. The first-order valence-electron chi connectivity index (χ1n) is 9.07. The summed E-state index contributed by atoms with van der Waals surface area (Å²) in [6.07, 6.45) is 12.2. The quantitative estimate of drug-likeness (QED) is 0.913. The van der Waals surface area contributed by atoms with Crippen molar-refractivity contribution in [2.24, 2.45) is 0 Å². The van der Waals surface area contributed by atoms with Gasteiger partial charge in [-0.1, -0.05) is 32.1 Å². The molecule has 24 heavy (non-hydrogen) atoms. The molecule has 3 rings (SSSR count). The molecule has 4 heteroatoms. The minimum Gasteiger partial charge on any atom is -0.349 e. The van der Waals surface area contributed by atoms with Crippen molar-refractivity contribution >= 4 is 5.91 Å². The van der Waals surface area contributed by atoms with Gasteiger partial charge in [-0.05, 0) is 44.9 Å². The topological polar surface area (TPSA) is 46.9 Å². The van der Waals surface area contributed by atoms with Gasteiger partial charge in [-0.15, -0.1) is 0 Å². The highest BCUT2D eigenvalue weighted by Gasteiger charge is 2.20. The van der Waals surface area contributed by atoms with Crippen LogP contribution in [0.25, 0.3) is 5.69 Å². The largest absolute Gasteiger partial charge is 0.349 e. The van der Waals surface area contributed by atoms with E-state index in [-0.39, 0.29) is 5.91 Å². The van der Waals surface area contributed by atoms with Crippen molar-refractivity contribution < 1.29 is 4.79 Å². The van der Waals surface area contributed by atoms with Gasteiger partial charge in [-0.3, -0.25) is 9.78 Å². The number of rotatable bonds is 3. The van der Waals surface area contributed by atoms with Gasteiger partial charge in [0, 0.05) is 23.6 Å². The maximum Gasteiger partial charge on any atom is 0.253 e. The van der Waals surface area contributed by atoms with Crippen molar-refractivity contribution in [2.45, 2.75) is 64.8 Å². The zero-order valence-electron chi connectivity index (χ0n) is 14.7. The Morgan fingerprint density at radius 1 is 1.17 bits per heavy atom. The summed E-state index contributed by atoms with van der Waals surface area (Å²) in [5.74, 6) is 0.0591. The number of nitrogens with zero attached hydrogens (tertiary/aromatic N) is 2. The summed E-state index contributed by atoms with van der Waals surface area (Å²) in [6, 6.07) is 6.24. The zero-order chi connectivity index (χ0) is 16.9. The highest BCUT2D eigenvalue weighted by Crippen LogP contribution is 2.22. The summed E-state index contributed by atoms with van der Waals surface area (Å²) in [5, 5.41) is 3.27. The van der Waals surface area contributed by atoms with Crippen LogP contribution >= 0.6 is 0 Å². The Labute approximate surface area is 144 Å². The van der Waals surface area contributed by atoms with Crippen molar-refractivity contribution in [3.63, 3.8) is 0 Å². The number of aromatic nitrogens is 2. The molecule has 1 amide bonds. The first kappa shape index (κ1) is 16.7. The van der Waals surface area contributed by atoms with Gasteiger partial charge in [0.05, 0.1) is 17.4 Å². The maximum absolute atomic E-state index is 12.8. The SMILES string of the molecule is Cc1cc(C(=O)NC2CCCCCCC2)c(C)n1-c1cccnc1. The molecule has 2 heterocycles. The lowest BCUT2D eigenvalue weighted by atomic mass is 9.96. The molecule has 128 valence electrons. The van der Waals surface area contributed by atoms with Gasteiger partial charge >= 0.3 is 0 Å². The molecule has 2 aromatic heterocycles. The summed E-state index contributed by atoms with van der Waals surface area (Å²) in [4.78, 5) is 17.0. The molecule has 1 aliphatic rings. The van der Waals surface area contributed by atoms with E-state index < -0.39 is 0 Å². The number of carbonyl (C=O) groups is 1. The molecular weight excluding hydrogens is 298 g/mol. The van der Waals surface area contributed by atoms with Crippen LogP contribution in [0.1, 0.15) is 66.7 Å². The van der Waals surface area contributed by atoms with Gasteiger partial charge < -0.3 is 9.88 Å². The van der Waals surface area contributed by atoms with Crippen molar-refractivity contribution in [3.8, 4) is 5.69 Å². The number of pyridine rings is 1. The van der Waals surface area contributed by atoms with Crippen LogP contribution in [0.4, 0.5) is 0 Å². The Morgan fingerprint density at radius 3 is 2.54 bits per heavy atom. The van der Waals surface area contributed by atoms with Gasteiger partial charge in [-0.2, -0.15) is 0 Å². The van der Waals surface area contributed by atoms with E-state index >= 15 is 0 Å². The van der Waals surface area contributed by atoms with Gasteiger partial charge in [0.15, 0.2) is 0 Å². The number of carbonyl (C=O) groups excluding carboxylic acids is 1. The fourth-order valence-electron chi connectivity index (χ4n) is 3.74. The second-order valence-electron chi connectivity index (χ2n) is 6.85. The number of amides is 1. The third-order valence-corrected chi connectivity index (χ3v) is 5.02. The van der Waals surface area contributed by atoms with E-state index in [0.717, 1.165) is 35.5 Å². The zero-order valence-corrected chi connectivity index (χ0v) is 14.7. The highest BCUT2D eigenvalue weighted by molar-refractivity contribution is 5.96. The van der Waals surface area contributed by atoms with Crippen LogP contribution < -0.4 is 5.32 Å². The number of aryl methyl sites for hydroxylation is 1. The van der Waals surface area contributed by atoms with Crippen LogP contribution in [0.2, 0.25) is 0 Å². The Kier molecular flexibility index (Phi) is 5.34. The minimum absolute atomic E-state index is 0.0591. The van der Waals surface area contributed by atoms with Crippen LogP contribution in [-0.4, -0.2) is 21.5 Å². The third kappa shape index (κ3) is 3.69. The molecule has 1 N–H and O–H groups in total. The average Bonchev–Trinajstić information content (AvgIpc) is 2.85. The molecule has 4 nitrogen and oxygen atoms in total. The van der Waals surface area contributed by atoms with E-state index in [1.54, 1.807) is 6.20 Å². The van der Waals surface area contributed by atoms with E-state index in [0.29, 0.717) is 6.04 Å². The molecule has 0 unspecified atom stereocenters. The van der Waals surface area contributed by atoms with Gasteiger partial charge in [-0.25, -0.2) is 0 Å². The van der Waals surface area contributed by atoms with E-state index in [2.05, 4.69) is 14.9 Å². The van der Waals surface area contributed by atoms with Crippen molar-refractivity contribution in [1.82, 2.24) is 14.9 Å². The normalized spacial score (nSPS) is 16.4. The Morgan fingerprint density at radius 2 is 1.88 bits per heavy atom. The lowest BCUT2D eigenvalue weighted by molar-refractivity contribution is 0.0930. The van der Waals surface area contributed by atoms with Gasteiger partial charge in [0.2, 0.25) is 0 Å². The molecule has 2 aromatic rings. The standard InChI is InChI=1S/C20H27N3O/c1-15-13-19(16(2)23(15)18-11-8-12-21-14-18)20(24)22-17-9-6-4-3-5-7-10-17/h8,11-14,17H,3-7,9-10H2,1-2H3,(H,22,24). The summed E-state index contributed by atoms with van der Waals surface area (Å²) >= 11 is 0. The predicted octanol–water partition coefficient (Wildman–Crippen LogP) is 4.33. The number of hydrogen-bond acceptors (Lipinski definition) is 2. The molecule has 1 fully saturated rings. The Hall–Kier alpha value is -2.10. The fourth-order valence-corrected chi connectivity index (χ4v) is 3.74. The molecule has 0 aliphatic heterocycles. The van der Waals surface area contributed by atoms with Crippen molar-refractivity contribution in [1.29, 1.82) is 0 Å². The molecule has 1 saturated carbocycles. The minimum atomic E-state index is 0.0591.